The van der Waals surface area contributed by atoms with Gasteiger partial charge in [-0.1, -0.05) is 52.7 Å². The largest absolute Gasteiger partial charge is 0.143 e. The highest BCUT2D eigenvalue weighted by atomic mass is 32.2. The molecule has 0 aromatic rings. The van der Waals surface area contributed by atoms with E-state index in [-0.39, 0.29) is 4.08 Å². The molecule has 0 aromatic carbocycles. The van der Waals surface area contributed by atoms with E-state index in [0.717, 1.165) is 6.42 Å². The zero-order valence-corrected chi connectivity index (χ0v) is 10.9. The van der Waals surface area contributed by atoms with Gasteiger partial charge in [0.05, 0.1) is 4.08 Å². The Morgan fingerprint density at radius 2 is 1.77 bits per heavy atom. The number of thioether (sulfide) groups is 1. The van der Waals surface area contributed by atoms with E-state index in [2.05, 4.69) is 20.8 Å². The SMILES string of the molecule is CCCCCSC([S])(CC)CCC. The van der Waals surface area contributed by atoms with Crippen molar-refractivity contribution in [1.82, 2.24) is 0 Å². The van der Waals surface area contributed by atoms with Gasteiger partial charge in [0.25, 0.3) is 0 Å². The van der Waals surface area contributed by atoms with Crippen molar-refractivity contribution < 1.29 is 0 Å². The third kappa shape index (κ3) is 6.73. The average molecular weight is 219 g/mol. The van der Waals surface area contributed by atoms with Gasteiger partial charge in [0.15, 0.2) is 0 Å². The van der Waals surface area contributed by atoms with Crippen LogP contribution in [0.5, 0.6) is 0 Å². The molecule has 0 fully saturated rings. The molecule has 13 heavy (non-hydrogen) atoms. The van der Waals surface area contributed by atoms with Crippen LogP contribution < -0.4 is 0 Å². The van der Waals surface area contributed by atoms with Crippen LogP contribution in [-0.2, 0) is 0 Å². The van der Waals surface area contributed by atoms with E-state index in [9.17, 15) is 0 Å². The van der Waals surface area contributed by atoms with E-state index in [1.165, 1.54) is 37.9 Å². The highest BCUT2D eigenvalue weighted by Gasteiger charge is 2.22. The van der Waals surface area contributed by atoms with E-state index in [4.69, 9.17) is 12.6 Å². The standard InChI is InChI=1S/C11H23S2/c1-4-7-8-10-13-11(12,6-3)9-5-2/h4-10H2,1-3H3. The van der Waals surface area contributed by atoms with Gasteiger partial charge in [-0.25, -0.2) is 0 Å². The first-order chi connectivity index (χ1) is 6.18. The monoisotopic (exact) mass is 219 g/mol. The number of hydrogen-bond acceptors (Lipinski definition) is 1. The fraction of sp³-hybridized carbons (Fsp3) is 1.00. The molecule has 2 heteroatoms. The zero-order chi connectivity index (χ0) is 10.2. The highest BCUT2D eigenvalue weighted by Crippen LogP contribution is 2.37. The van der Waals surface area contributed by atoms with Gasteiger partial charge < -0.3 is 0 Å². The minimum atomic E-state index is 0.141. The molecule has 0 amide bonds. The summed E-state index contributed by atoms with van der Waals surface area (Å²) in [5, 5.41) is 0. The molecule has 0 saturated carbocycles. The van der Waals surface area contributed by atoms with Crippen molar-refractivity contribution in [2.75, 3.05) is 5.75 Å². The summed E-state index contributed by atoms with van der Waals surface area (Å²) in [6, 6.07) is 0. The first kappa shape index (κ1) is 13.7. The van der Waals surface area contributed by atoms with E-state index < -0.39 is 0 Å². The minimum absolute atomic E-state index is 0.141. The maximum absolute atomic E-state index is 5.61. The van der Waals surface area contributed by atoms with Crippen LogP contribution in [0.2, 0.25) is 0 Å². The van der Waals surface area contributed by atoms with Crippen LogP contribution in [0, 0.1) is 0 Å². The first-order valence-electron chi connectivity index (χ1n) is 5.53. The van der Waals surface area contributed by atoms with Crippen LogP contribution in [0.4, 0.5) is 0 Å². The second-order valence-corrected chi connectivity index (χ2v) is 6.09. The quantitative estimate of drug-likeness (QED) is 0.517. The van der Waals surface area contributed by atoms with E-state index in [1.807, 2.05) is 11.8 Å². The van der Waals surface area contributed by atoms with Crippen LogP contribution in [0.3, 0.4) is 0 Å². The Bertz CT molecular complexity index is 115. The van der Waals surface area contributed by atoms with Crippen LogP contribution >= 0.6 is 24.4 Å². The Hall–Kier alpha value is 0.700. The van der Waals surface area contributed by atoms with Crippen LogP contribution in [0.15, 0.2) is 0 Å². The summed E-state index contributed by atoms with van der Waals surface area (Å²) in [6.45, 7) is 6.69. The van der Waals surface area contributed by atoms with Crippen molar-refractivity contribution in [3.63, 3.8) is 0 Å². The van der Waals surface area contributed by atoms with Crippen molar-refractivity contribution in [2.45, 2.75) is 63.4 Å². The molecular formula is C11H23S2. The van der Waals surface area contributed by atoms with Crippen molar-refractivity contribution in [1.29, 1.82) is 0 Å². The molecule has 79 valence electrons. The maximum atomic E-state index is 5.61. The second-order valence-electron chi connectivity index (χ2n) is 3.57. The molecular weight excluding hydrogens is 196 g/mol. The van der Waals surface area contributed by atoms with Crippen LogP contribution in [0.25, 0.3) is 0 Å². The molecule has 0 aliphatic heterocycles. The molecule has 1 unspecified atom stereocenters. The molecule has 1 radical (unpaired) electrons. The van der Waals surface area contributed by atoms with Crippen LogP contribution in [0.1, 0.15) is 59.3 Å². The van der Waals surface area contributed by atoms with Crippen LogP contribution in [-0.4, -0.2) is 9.83 Å². The minimum Gasteiger partial charge on any atom is -0.143 e. The van der Waals surface area contributed by atoms with E-state index in [0.29, 0.717) is 0 Å². The van der Waals surface area contributed by atoms with Crippen molar-refractivity contribution in [3.8, 4) is 0 Å². The lowest BCUT2D eigenvalue weighted by molar-refractivity contribution is 0.677. The van der Waals surface area contributed by atoms with Crippen molar-refractivity contribution >= 4 is 24.4 Å². The molecule has 1 atom stereocenters. The zero-order valence-electron chi connectivity index (χ0n) is 9.27. The van der Waals surface area contributed by atoms with Gasteiger partial charge in [-0.3, -0.25) is 0 Å². The van der Waals surface area contributed by atoms with Gasteiger partial charge in [-0.05, 0) is 25.0 Å². The molecule has 0 N–H and O–H groups in total. The second kappa shape index (κ2) is 8.05. The summed E-state index contributed by atoms with van der Waals surface area (Å²) < 4.78 is 0.141. The van der Waals surface area contributed by atoms with Crippen molar-refractivity contribution in [2.24, 2.45) is 0 Å². The Morgan fingerprint density at radius 1 is 1.08 bits per heavy atom. The predicted molar refractivity (Wildman–Crippen MR) is 67.5 cm³/mol. The summed E-state index contributed by atoms with van der Waals surface area (Å²) in [6.07, 6.45) is 7.54. The maximum Gasteiger partial charge on any atom is 0.0712 e. The first-order valence-corrected chi connectivity index (χ1v) is 6.92. The number of rotatable bonds is 8. The Labute approximate surface area is 93.7 Å². The lowest BCUT2D eigenvalue weighted by Crippen LogP contribution is -2.15. The lowest BCUT2D eigenvalue weighted by Gasteiger charge is -2.24. The smallest absolute Gasteiger partial charge is 0.0712 e. The van der Waals surface area contributed by atoms with Gasteiger partial charge in [0, 0.05) is 0 Å². The molecule has 0 aliphatic rings. The Kier molecular flexibility index (Phi) is 8.48. The molecule has 0 heterocycles. The summed E-state index contributed by atoms with van der Waals surface area (Å²) in [5.41, 5.74) is 0. The average Bonchev–Trinajstić information content (AvgIpc) is 2.13. The molecule has 0 aromatic heterocycles. The van der Waals surface area contributed by atoms with Crippen molar-refractivity contribution in [3.05, 3.63) is 0 Å². The fourth-order valence-electron chi connectivity index (χ4n) is 1.34. The highest BCUT2D eigenvalue weighted by molar-refractivity contribution is 8.11. The van der Waals surface area contributed by atoms with Gasteiger partial charge in [0.2, 0.25) is 0 Å². The summed E-state index contributed by atoms with van der Waals surface area (Å²) in [4.78, 5) is 0. The molecule has 0 bridgehead atoms. The van der Waals surface area contributed by atoms with Gasteiger partial charge in [-0.15, -0.1) is 11.8 Å². The topological polar surface area (TPSA) is 0 Å². The summed E-state index contributed by atoms with van der Waals surface area (Å²) in [5.74, 6) is 1.26. The Balaban J connectivity index is 3.57. The van der Waals surface area contributed by atoms with E-state index >= 15 is 0 Å². The van der Waals surface area contributed by atoms with Gasteiger partial charge in [-0.2, -0.15) is 0 Å². The molecule has 0 nitrogen and oxygen atoms in total. The third-order valence-corrected chi connectivity index (χ3v) is 4.64. The molecule has 0 spiro atoms. The predicted octanol–water partition coefficient (Wildman–Crippen LogP) is 5.01. The van der Waals surface area contributed by atoms with Gasteiger partial charge in [0.1, 0.15) is 0 Å². The normalized spacial score (nSPS) is 15.7. The molecule has 0 rings (SSSR count). The summed E-state index contributed by atoms with van der Waals surface area (Å²) in [7, 11) is 0. The molecule has 0 saturated heterocycles. The number of unbranched alkanes of at least 4 members (excludes halogenated alkanes) is 2. The third-order valence-electron chi connectivity index (χ3n) is 2.28. The molecule has 0 aliphatic carbocycles. The van der Waals surface area contributed by atoms with Gasteiger partial charge >= 0.3 is 0 Å². The fourth-order valence-corrected chi connectivity index (χ4v) is 3.07. The lowest BCUT2D eigenvalue weighted by atomic mass is 10.2. The van der Waals surface area contributed by atoms with E-state index in [1.54, 1.807) is 0 Å². The Morgan fingerprint density at radius 3 is 2.23 bits per heavy atom. The summed E-state index contributed by atoms with van der Waals surface area (Å²) >= 11 is 7.62. The number of hydrogen-bond donors (Lipinski definition) is 0.